The number of carboxylic acids is 1. The van der Waals surface area contributed by atoms with Crippen molar-refractivity contribution in [3.63, 3.8) is 0 Å². The maximum absolute atomic E-state index is 11.3. The SMILES string of the molecule is CC1CCC2C(C)(C)C2(C(=O)O)C1O. The summed E-state index contributed by atoms with van der Waals surface area (Å²) in [5, 5.41) is 19.4. The Bertz CT molecular complexity index is 284. The number of carbonyl (C=O) groups is 1. The molecule has 2 aliphatic carbocycles. The third-order valence-electron chi connectivity index (χ3n) is 4.67. The van der Waals surface area contributed by atoms with Gasteiger partial charge in [0.25, 0.3) is 0 Å². The summed E-state index contributed by atoms with van der Waals surface area (Å²) in [6.07, 6.45) is 1.22. The maximum atomic E-state index is 11.3. The summed E-state index contributed by atoms with van der Waals surface area (Å²) in [6, 6.07) is 0. The van der Waals surface area contributed by atoms with Gasteiger partial charge in [-0.3, -0.25) is 4.79 Å². The molecule has 0 saturated heterocycles. The summed E-state index contributed by atoms with van der Waals surface area (Å²) in [7, 11) is 0. The molecule has 80 valence electrons. The van der Waals surface area contributed by atoms with Gasteiger partial charge in [-0.15, -0.1) is 0 Å². The third kappa shape index (κ3) is 0.800. The topological polar surface area (TPSA) is 57.5 Å². The summed E-state index contributed by atoms with van der Waals surface area (Å²) >= 11 is 0. The van der Waals surface area contributed by atoms with Crippen LogP contribution in [0.4, 0.5) is 0 Å². The number of rotatable bonds is 1. The standard InChI is InChI=1S/C11H18O3/c1-6-4-5-7-10(2,3)11(7,8(6)12)9(13)14/h6-8,12H,4-5H2,1-3H3,(H,13,14). The zero-order valence-electron chi connectivity index (χ0n) is 8.95. The van der Waals surface area contributed by atoms with Crippen molar-refractivity contribution in [1.82, 2.24) is 0 Å². The van der Waals surface area contributed by atoms with Gasteiger partial charge >= 0.3 is 5.97 Å². The first-order valence-electron chi connectivity index (χ1n) is 5.28. The van der Waals surface area contributed by atoms with E-state index in [9.17, 15) is 15.0 Å². The minimum atomic E-state index is -0.856. The second-order valence-corrected chi connectivity index (χ2v) is 5.45. The van der Waals surface area contributed by atoms with E-state index in [1.807, 2.05) is 20.8 Å². The van der Waals surface area contributed by atoms with Crippen molar-refractivity contribution in [2.24, 2.45) is 22.7 Å². The molecule has 3 heteroatoms. The molecular formula is C11H18O3. The molecule has 0 amide bonds. The molecule has 2 fully saturated rings. The van der Waals surface area contributed by atoms with Gasteiger partial charge < -0.3 is 10.2 Å². The highest BCUT2D eigenvalue weighted by Gasteiger charge is 2.80. The minimum absolute atomic E-state index is 0.115. The molecule has 0 bridgehead atoms. The monoisotopic (exact) mass is 198 g/mol. The Morgan fingerprint density at radius 1 is 1.36 bits per heavy atom. The fourth-order valence-electron chi connectivity index (χ4n) is 3.67. The van der Waals surface area contributed by atoms with E-state index in [-0.39, 0.29) is 17.3 Å². The second kappa shape index (κ2) is 2.51. The number of aliphatic hydroxyl groups excluding tert-OH is 1. The van der Waals surface area contributed by atoms with Gasteiger partial charge in [0.2, 0.25) is 0 Å². The van der Waals surface area contributed by atoms with E-state index in [1.54, 1.807) is 0 Å². The zero-order valence-corrected chi connectivity index (χ0v) is 8.95. The van der Waals surface area contributed by atoms with E-state index >= 15 is 0 Å². The molecule has 4 unspecified atom stereocenters. The van der Waals surface area contributed by atoms with Crippen LogP contribution in [0.25, 0.3) is 0 Å². The Hall–Kier alpha value is -0.570. The molecule has 0 aromatic heterocycles. The van der Waals surface area contributed by atoms with Crippen LogP contribution in [0.5, 0.6) is 0 Å². The lowest BCUT2D eigenvalue weighted by Gasteiger charge is -2.30. The van der Waals surface area contributed by atoms with E-state index in [1.165, 1.54) is 0 Å². The first-order chi connectivity index (χ1) is 6.36. The normalized spacial score (nSPS) is 49.6. The quantitative estimate of drug-likeness (QED) is 0.671. The molecule has 0 heterocycles. The third-order valence-corrected chi connectivity index (χ3v) is 4.67. The molecule has 2 aliphatic rings. The Morgan fingerprint density at radius 3 is 2.36 bits per heavy atom. The highest BCUT2D eigenvalue weighted by atomic mass is 16.4. The summed E-state index contributed by atoms with van der Waals surface area (Å²) in [5.74, 6) is -0.533. The van der Waals surface area contributed by atoms with Crippen molar-refractivity contribution in [3.05, 3.63) is 0 Å². The highest BCUT2D eigenvalue weighted by molar-refractivity contribution is 5.82. The van der Waals surface area contributed by atoms with Crippen LogP contribution < -0.4 is 0 Å². The van der Waals surface area contributed by atoms with E-state index in [0.717, 1.165) is 12.8 Å². The smallest absolute Gasteiger partial charge is 0.313 e. The van der Waals surface area contributed by atoms with Gasteiger partial charge in [0.05, 0.1) is 6.10 Å². The summed E-state index contributed by atoms with van der Waals surface area (Å²) in [4.78, 5) is 11.3. The lowest BCUT2D eigenvalue weighted by atomic mass is 9.77. The number of hydrogen-bond donors (Lipinski definition) is 2. The van der Waals surface area contributed by atoms with Gasteiger partial charge in [-0.25, -0.2) is 0 Å². The van der Waals surface area contributed by atoms with E-state index in [0.29, 0.717) is 0 Å². The first kappa shape index (κ1) is 9.97. The fourth-order valence-corrected chi connectivity index (χ4v) is 3.67. The van der Waals surface area contributed by atoms with Crippen molar-refractivity contribution in [3.8, 4) is 0 Å². The van der Waals surface area contributed by atoms with Crippen LogP contribution in [0.3, 0.4) is 0 Å². The molecule has 4 atom stereocenters. The molecule has 2 saturated carbocycles. The maximum Gasteiger partial charge on any atom is 0.313 e. The molecule has 0 aliphatic heterocycles. The molecular weight excluding hydrogens is 180 g/mol. The van der Waals surface area contributed by atoms with Crippen molar-refractivity contribution in [2.75, 3.05) is 0 Å². The van der Waals surface area contributed by atoms with E-state index in [2.05, 4.69) is 0 Å². The van der Waals surface area contributed by atoms with Crippen molar-refractivity contribution in [2.45, 2.75) is 39.7 Å². The average Bonchev–Trinajstić information content (AvgIpc) is 2.58. The summed E-state index contributed by atoms with van der Waals surface area (Å²) < 4.78 is 0. The first-order valence-corrected chi connectivity index (χ1v) is 5.28. The predicted molar refractivity (Wildman–Crippen MR) is 51.7 cm³/mol. The van der Waals surface area contributed by atoms with Crippen molar-refractivity contribution in [1.29, 1.82) is 0 Å². The average molecular weight is 198 g/mol. The van der Waals surface area contributed by atoms with Gasteiger partial charge in [-0.05, 0) is 30.1 Å². The Labute approximate surface area is 84.1 Å². The van der Waals surface area contributed by atoms with Gasteiger partial charge in [-0.2, -0.15) is 0 Å². The van der Waals surface area contributed by atoms with Gasteiger partial charge in [0.15, 0.2) is 0 Å². The molecule has 0 aromatic rings. The van der Waals surface area contributed by atoms with Crippen LogP contribution >= 0.6 is 0 Å². The van der Waals surface area contributed by atoms with Crippen LogP contribution in [0.1, 0.15) is 33.6 Å². The number of carboxylic acid groups (broad SMARTS) is 1. The lowest BCUT2D eigenvalue weighted by molar-refractivity contribution is -0.154. The Balaban J connectivity index is 2.40. The highest BCUT2D eigenvalue weighted by Crippen LogP contribution is 2.75. The zero-order chi connectivity index (χ0) is 10.7. The van der Waals surface area contributed by atoms with Gasteiger partial charge in [-0.1, -0.05) is 20.8 Å². The van der Waals surface area contributed by atoms with Crippen molar-refractivity contribution >= 4 is 5.97 Å². The lowest BCUT2D eigenvalue weighted by Crippen LogP contribution is -2.41. The number of aliphatic carboxylic acids is 1. The van der Waals surface area contributed by atoms with Crippen LogP contribution in [0.15, 0.2) is 0 Å². The molecule has 2 N–H and O–H groups in total. The number of hydrogen-bond acceptors (Lipinski definition) is 2. The minimum Gasteiger partial charge on any atom is -0.481 e. The van der Waals surface area contributed by atoms with Gasteiger partial charge in [0.1, 0.15) is 5.41 Å². The van der Waals surface area contributed by atoms with E-state index < -0.39 is 17.5 Å². The molecule has 2 rings (SSSR count). The van der Waals surface area contributed by atoms with Crippen LogP contribution in [0.2, 0.25) is 0 Å². The largest absolute Gasteiger partial charge is 0.481 e. The molecule has 0 aromatic carbocycles. The second-order valence-electron chi connectivity index (χ2n) is 5.45. The Kier molecular flexibility index (Phi) is 1.79. The summed E-state index contributed by atoms with van der Waals surface area (Å²) in [5.41, 5.74) is -1.09. The van der Waals surface area contributed by atoms with E-state index in [4.69, 9.17) is 0 Å². The Morgan fingerprint density at radius 2 is 1.93 bits per heavy atom. The van der Waals surface area contributed by atoms with Crippen LogP contribution in [-0.4, -0.2) is 22.3 Å². The molecule has 0 radical (unpaired) electrons. The number of aliphatic hydroxyl groups is 1. The molecule has 3 nitrogen and oxygen atoms in total. The predicted octanol–water partition coefficient (Wildman–Crippen LogP) is 1.50. The van der Waals surface area contributed by atoms with Crippen LogP contribution in [0, 0.1) is 22.7 Å². The molecule has 0 spiro atoms. The molecule has 14 heavy (non-hydrogen) atoms. The van der Waals surface area contributed by atoms with Crippen LogP contribution in [-0.2, 0) is 4.79 Å². The summed E-state index contributed by atoms with van der Waals surface area (Å²) in [6.45, 7) is 5.88. The number of fused-ring (bicyclic) bond motifs is 1. The van der Waals surface area contributed by atoms with Gasteiger partial charge in [0, 0.05) is 0 Å². The van der Waals surface area contributed by atoms with Crippen molar-refractivity contribution < 1.29 is 15.0 Å². The fraction of sp³-hybridized carbons (Fsp3) is 0.909.